The second kappa shape index (κ2) is 17.6. The number of aliphatic carboxylic acids is 1. The van der Waals surface area contributed by atoms with Gasteiger partial charge < -0.3 is 24.2 Å². The molecule has 1 N–H and O–H groups in total. The molecule has 0 unspecified atom stereocenters. The number of carbonyl (C=O) groups excluding carboxylic acids is 1. The third kappa shape index (κ3) is 9.96. The smallest absolute Gasteiger partial charge is 0.307 e. The van der Waals surface area contributed by atoms with Crippen LogP contribution in [0.5, 0.6) is 17.4 Å². The van der Waals surface area contributed by atoms with E-state index in [1.165, 1.54) is 52.5 Å². The molecule has 2 heterocycles. The van der Waals surface area contributed by atoms with Crippen molar-refractivity contribution in [1.29, 1.82) is 0 Å². The molecule has 0 spiro atoms. The summed E-state index contributed by atoms with van der Waals surface area (Å²) < 4.78 is 63.7. The lowest BCUT2D eigenvalue weighted by Crippen LogP contribution is -2.35. The zero-order valence-corrected chi connectivity index (χ0v) is 34.1. The molecular weight excluding hydrogens is 754 g/mol. The van der Waals surface area contributed by atoms with Crippen molar-refractivity contribution >= 4 is 21.9 Å². The summed E-state index contributed by atoms with van der Waals surface area (Å²) in [5.74, 6) is -0.846. The number of pyridine rings is 1. The summed E-state index contributed by atoms with van der Waals surface area (Å²) in [7, 11) is 1.71. The Labute approximate surface area is 332 Å². The van der Waals surface area contributed by atoms with Crippen molar-refractivity contribution in [2.45, 2.75) is 63.7 Å². The van der Waals surface area contributed by atoms with Crippen molar-refractivity contribution in [2.24, 2.45) is 0 Å². The van der Waals surface area contributed by atoms with Crippen LogP contribution in [0.4, 0.5) is 4.39 Å². The van der Waals surface area contributed by atoms with Gasteiger partial charge in [0, 0.05) is 45.6 Å². The molecule has 0 saturated carbocycles. The summed E-state index contributed by atoms with van der Waals surface area (Å²) in [6, 6.07) is 20.0. The maximum atomic E-state index is 14.8. The Kier molecular flexibility index (Phi) is 13.0. The Bertz CT molecular complexity index is 2280. The number of aromatic nitrogens is 3. The van der Waals surface area contributed by atoms with Crippen LogP contribution in [-0.4, -0.2) is 84.3 Å². The number of halogens is 1. The number of benzene rings is 3. The lowest BCUT2D eigenvalue weighted by atomic mass is 9.88. The molecule has 15 heteroatoms. The topological polar surface area (TPSA) is 153 Å². The number of nitrogens with zero attached hydrogens (tertiary/aromatic N) is 5. The van der Waals surface area contributed by atoms with Crippen molar-refractivity contribution in [3.8, 4) is 28.5 Å². The Morgan fingerprint density at radius 1 is 0.912 bits per heavy atom. The number of hydrogen-bond acceptors (Lipinski definition) is 9. The lowest BCUT2D eigenvalue weighted by molar-refractivity contribution is -0.136. The SMILES string of the molecule is COc1ccc(CN(Cc2ccc(OC)cc2)S(=O)(=O)c2nn(C(C)(C)COc3cc(-c4cc(F)cc(C(C)C)c4CC(=O)O)ccn3)cc2C(=O)N(C)C)cc1. The van der Waals surface area contributed by atoms with Gasteiger partial charge in [-0.1, -0.05) is 38.1 Å². The van der Waals surface area contributed by atoms with Gasteiger partial charge >= 0.3 is 5.97 Å². The first-order valence-electron chi connectivity index (χ1n) is 18.1. The molecule has 5 rings (SSSR count). The van der Waals surface area contributed by atoms with Gasteiger partial charge in [-0.25, -0.2) is 17.8 Å². The lowest BCUT2D eigenvalue weighted by Gasteiger charge is -2.25. The van der Waals surface area contributed by atoms with Crippen LogP contribution in [-0.2, 0) is 39.9 Å². The standard InChI is InChI=1S/C42H48FN5O8S/c1-27(2)34-20-31(43)21-35(36(34)22-39(49)50)30-17-18-44-38(19-30)56-26-42(3,4)48-25-37(41(51)46(5)6)40(45-48)57(52,53)47(23-28-9-13-32(54-7)14-10-28)24-29-11-15-33(55-8)16-12-29/h9-21,25,27H,22-24,26H2,1-8H3,(H,49,50). The number of rotatable bonds is 17. The third-order valence-electron chi connectivity index (χ3n) is 9.38. The molecule has 0 fully saturated rings. The number of carboxylic acid groups (broad SMARTS) is 1. The summed E-state index contributed by atoms with van der Waals surface area (Å²) >= 11 is 0. The fourth-order valence-corrected chi connectivity index (χ4v) is 7.71. The minimum atomic E-state index is -4.44. The average molecular weight is 802 g/mol. The predicted octanol–water partition coefficient (Wildman–Crippen LogP) is 6.76. The Hall–Kier alpha value is -5.80. The molecule has 13 nitrogen and oxygen atoms in total. The van der Waals surface area contributed by atoms with Crippen molar-refractivity contribution in [3.63, 3.8) is 0 Å². The van der Waals surface area contributed by atoms with Crippen LogP contribution in [0.25, 0.3) is 11.1 Å². The van der Waals surface area contributed by atoms with Crippen molar-refractivity contribution in [2.75, 3.05) is 34.9 Å². The number of carbonyl (C=O) groups is 2. The summed E-state index contributed by atoms with van der Waals surface area (Å²) in [6.45, 7) is 7.13. The largest absolute Gasteiger partial charge is 0.497 e. The van der Waals surface area contributed by atoms with E-state index in [-0.39, 0.29) is 43.5 Å². The maximum absolute atomic E-state index is 14.8. The van der Waals surface area contributed by atoms with Crippen LogP contribution in [0.1, 0.15) is 66.2 Å². The van der Waals surface area contributed by atoms with Crippen LogP contribution in [0, 0.1) is 5.82 Å². The van der Waals surface area contributed by atoms with Gasteiger partial charge in [0.05, 0.1) is 31.7 Å². The van der Waals surface area contributed by atoms with Crippen LogP contribution >= 0.6 is 0 Å². The Morgan fingerprint density at radius 2 is 1.49 bits per heavy atom. The highest BCUT2D eigenvalue weighted by Crippen LogP contribution is 2.34. The molecule has 1 amide bonds. The van der Waals surface area contributed by atoms with Crippen LogP contribution in [0.3, 0.4) is 0 Å². The van der Waals surface area contributed by atoms with Crippen LogP contribution in [0.15, 0.2) is 90.2 Å². The molecule has 0 atom stereocenters. The highest BCUT2D eigenvalue weighted by molar-refractivity contribution is 7.89. The van der Waals surface area contributed by atoms with E-state index in [0.717, 1.165) is 0 Å². The predicted molar refractivity (Wildman–Crippen MR) is 213 cm³/mol. The maximum Gasteiger partial charge on any atom is 0.307 e. The van der Waals surface area contributed by atoms with Crippen molar-refractivity contribution in [1.82, 2.24) is 24.0 Å². The Morgan fingerprint density at radius 3 is 2.00 bits per heavy atom. The zero-order valence-electron chi connectivity index (χ0n) is 33.3. The van der Waals surface area contributed by atoms with Gasteiger partial charge in [-0.15, -0.1) is 0 Å². The molecule has 5 aromatic rings. The molecule has 57 heavy (non-hydrogen) atoms. The van der Waals surface area contributed by atoms with Crippen molar-refractivity contribution in [3.05, 3.63) is 119 Å². The van der Waals surface area contributed by atoms with Gasteiger partial charge in [0.15, 0.2) is 0 Å². The monoisotopic (exact) mass is 801 g/mol. The number of sulfonamides is 1. The summed E-state index contributed by atoms with van der Waals surface area (Å²) in [4.78, 5) is 31.1. The number of carboxylic acids is 1. The third-order valence-corrected chi connectivity index (χ3v) is 11.1. The first-order chi connectivity index (χ1) is 26.9. The molecular formula is C42H48FN5O8S. The van der Waals surface area contributed by atoms with E-state index in [0.29, 0.717) is 44.9 Å². The average Bonchev–Trinajstić information content (AvgIpc) is 3.65. The quantitative estimate of drug-likeness (QED) is 0.107. The van der Waals surface area contributed by atoms with Gasteiger partial charge in [0.1, 0.15) is 23.9 Å². The summed E-state index contributed by atoms with van der Waals surface area (Å²) in [5, 5.41) is 13.8. The second-order valence-electron chi connectivity index (χ2n) is 14.7. The normalized spacial score (nSPS) is 11.8. The fourth-order valence-electron chi connectivity index (χ4n) is 6.22. The molecule has 302 valence electrons. The van der Waals surface area contributed by atoms with Gasteiger partial charge in [0.2, 0.25) is 10.9 Å². The summed E-state index contributed by atoms with van der Waals surface area (Å²) in [6.07, 6.45) is 2.58. The molecule has 0 saturated heterocycles. The molecule has 0 aliphatic carbocycles. The van der Waals surface area contributed by atoms with Gasteiger partial charge in [-0.05, 0) is 95.6 Å². The number of hydrogen-bond donors (Lipinski definition) is 1. The van der Waals surface area contributed by atoms with E-state index in [4.69, 9.17) is 14.2 Å². The van der Waals surface area contributed by atoms with E-state index < -0.39 is 38.3 Å². The van der Waals surface area contributed by atoms with E-state index >= 15 is 0 Å². The highest BCUT2D eigenvalue weighted by Gasteiger charge is 2.36. The molecule has 0 aliphatic heterocycles. The summed E-state index contributed by atoms with van der Waals surface area (Å²) in [5.41, 5.74) is 2.21. The number of methoxy groups -OCH3 is 2. The molecule has 0 aliphatic rings. The van der Waals surface area contributed by atoms with E-state index in [9.17, 15) is 27.5 Å². The zero-order chi connectivity index (χ0) is 41.7. The highest BCUT2D eigenvalue weighted by atomic mass is 32.2. The first-order valence-corrected chi connectivity index (χ1v) is 19.6. The minimum Gasteiger partial charge on any atom is -0.497 e. The van der Waals surface area contributed by atoms with E-state index in [1.54, 1.807) is 88.7 Å². The molecule has 0 radical (unpaired) electrons. The van der Waals surface area contributed by atoms with E-state index in [1.807, 2.05) is 13.8 Å². The Balaban J connectivity index is 1.50. The second-order valence-corrected chi connectivity index (χ2v) is 16.5. The van der Waals surface area contributed by atoms with Crippen LogP contribution < -0.4 is 14.2 Å². The van der Waals surface area contributed by atoms with Crippen LogP contribution in [0.2, 0.25) is 0 Å². The number of amides is 1. The van der Waals surface area contributed by atoms with Gasteiger partial charge in [-0.3, -0.25) is 14.3 Å². The van der Waals surface area contributed by atoms with E-state index in [2.05, 4.69) is 10.1 Å². The number of ether oxygens (including phenoxy) is 3. The first kappa shape index (κ1) is 42.3. The molecule has 0 bridgehead atoms. The molecule has 3 aromatic carbocycles. The fraction of sp³-hybridized carbons (Fsp3) is 0.333. The molecule has 2 aromatic heterocycles. The van der Waals surface area contributed by atoms with Gasteiger partial charge in [-0.2, -0.15) is 9.40 Å². The van der Waals surface area contributed by atoms with Gasteiger partial charge in [0.25, 0.3) is 15.9 Å². The minimum absolute atomic E-state index is 0.0342. The van der Waals surface area contributed by atoms with Crippen molar-refractivity contribution < 1.29 is 41.7 Å².